The van der Waals surface area contributed by atoms with Crippen LogP contribution in [0.25, 0.3) is 0 Å². The summed E-state index contributed by atoms with van der Waals surface area (Å²) in [6, 6.07) is 7.61. The molecule has 0 radical (unpaired) electrons. The molecule has 0 unspecified atom stereocenters. The van der Waals surface area contributed by atoms with E-state index < -0.39 is 11.7 Å². The van der Waals surface area contributed by atoms with Crippen LogP contribution in [0.2, 0.25) is 0 Å². The number of rotatable bonds is 5. The second-order valence-corrected chi connectivity index (χ2v) is 6.30. The Morgan fingerprint density at radius 1 is 1.28 bits per heavy atom. The first-order chi connectivity index (χ1) is 11.9. The lowest BCUT2D eigenvalue weighted by molar-refractivity contribution is 0.0777. The summed E-state index contributed by atoms with van der Waals surface area (Å²) in [6.07, 6.45) is 0. The van der Waals surface area contributed by atoms with Gasteiger partial charge in [-0.2, -0.15) is 5.26 Å². The highest BCUT2D eigenvalue weighted by Gasteiger charge is 2.24. The quantitative estimate of drug-likeness (QED) is 0.882. The summed E-state index contributed by atoms with van der Waals surface area (Å²) in [7, 11) is 0. The van der Waals surface area contributed by atoms with Crippen molar-refractivity contribution in [2.75, 3.05) is 18.4 Å². The molecule has 1 N–H and O–H groups in total. The van der Waals surface area contributed by atoms with Crippen LogP contribution in [-0.4, -0.2) is 29.8 Å². The Balaban J connectivity index is 2.38. The zero-order chi connectivity index (χ0) is 18.6. The molecule has 7 heteroatoms. The second kappa shape index (κ2) is 7.90. The Morgan fingerprint density at radius 3 is 2.48 bits per heavy atom. The monoisotopic (exact) mass is 359 g/mol. The lowest BCUT2D eigenvalue weighted by Gasteiger charge is -2.17. The third-order valence-corrected chi connectivity index (χ3v) is 5.04. The zero-order valence-corrected chi connectivity index (χ0v) is 15.0. The molecule has 0 aliphatic rings. The largest absolute Gasteiger partial charge is 0.338 e. The Morgan fingerprint density at radius 2 is 1.92 bits per heavy atom. The Kier molecular flexibility index (Phi) is 5.88. The van der Waals surface area contributed by atoms with Crippen molar-refractivity contribution in [1.82, 2.24) is 4.90 Å². The van der Waals surface area contributed by atoms with Crippen molar-refractivity contribution in [2.45, 2.75) is 20.8 Å². The molecule has 2 rings (SSSR count). The van der Waals surface area contributed by atoms with Gasteiger partial charge in [0.15, 0.2) is 0 Å². The maximum absolute atomic E-state index is 13.8. The van der Waals surface area contributed by atoms with Gasteiger partial charge in [-0.05, 0) is 38.5 Å². The van der Waals surface area contributed by atoms with Crippen molar-refractivity contribution in [1.29, 1.82) is 5.26 Å². The summed E-state index contributed by atoms with van der Waals surface area (Å²) < 4.78 is 13.8. The molecule has 25 heavy (non-hydrogen) atoms. The maximum Gasteiger partial charge on any atom is 0.264 e. The topological polar surface area (TPSA) is 73.2 Å². The third-order valence-electron chi connectivity index (χ3n) is 3.85. The van der Waals surface area contributed by atoms with Crippen LogP contribution in [0.1, 0.15) is 45.0 Å². The standard InChI is InChI=1S/C18H18FN3O2S/c1-4-22(5-2)18(24)15-11(3)13(10-20)17(25-15)21-16(23)12-8-6-7-9-14(12)19/h6-9H,4-5H2,1-3H3,(H,21,23). The molecule has 1 aromatic heterocycles. The smallest absolute Gasteiger partial charge is 0.264 e. The number of halogens is 1. The molecule has 2 aromatic rings. The first kappa shape index (κ1) is 18.6. The minimum atomic E-state index is -0.655. The summed E-state index contributed by atoms with van der Waals surface area (Å²) in [5.74, 6) is -1.49. The number of benzene rings is 1. The molecular weight excluding hydrogens is 341 g/mol. The van der Waals surface area contributed by atoms with E-state index in [2.05, 4.69) is 5.32 Å². The average Bonchev–Trinajstić information content (AvgIpc) is 2.91. The van der Waals surface area contributed by atoms with Crippen LogP contribution < -0.4 is 5.32 Å². The molecule has 0 spiro atoms. The predicted octanol–water partition coefficient (Wildman–Crippen LogP) is 3.80. The first-order valence-corrected chi connectivity index (χ1v) is 8.64. The van der Waals surface area contributed by atoms with Gasteiger partial charge in [-0.1, -0.05) is 12.1 Å². The number of anilines is 1. The van der Waals surface area contributed by atoms with Crippen LogP contribution in [0.15, 0.2) is 24.3 Å². The number of carbonyl (C=O) groups excluding carboxylic acids is 2. The molecule has 130 valence electrons. The second-order valence-electron chi connectivity index (χ2n) is 5.28. The number of nitrogens with one attached hydrogen (secondary N) is 1. The fraction of sp³-hybridized carbons (Fsp3) is 0.278. The molecule has 1 heterocycles. The summed E-state index contributed by atoms with van der Waals surface area (Å²) in [5.41, 5.74) is 0.632. The molecule has 0 fully saturated rings. The number of nitrogens with zero attached hydrogens (tertiary/aromatic N) is 2. The predicted molar refractivity (Wildman–Crippen MR) is 95.4 cm³/mol. The average molecular weight is 359 g/mol. The van der Waals surface area contributed by atoms with Crippen molar-refractivity contribution in [2.24, 2.45) is 0 Å². The van der Waals surface area contributed by atoms with E-state index in [9.17, 15) is 19.2 Å². The molecule has 1 aromatic carbocycles. The van der Waals surface area contributed by atoms with Crippen molar-refractivity contribution in [3.63, 3.8) is 0 Å². The van der Waals surface area contributed by atoms with Crippen LogP contribution in [0, 0.1) is 24.1 Å². The van der Waals surface area contributed by atoms with Crippen molar-refractivity contribution in [3.05, 3.63) is 51.7 Å². The van der Waals surface area contributed by atoms with Crippen molar-refractivity contribution < 1.29 is 14.0 Å². The van der Waals surface area contributed by atoms with Gasteiger partial charge >= 0.3 is 0 Å². The van der Waals surface area contributed by atoms with E-state index in [0.717, 1.165) is 11.3 Å². The highest BCUT2D eigenvalue weighted by atomic mass is 32.1. The molecule has 2 amide bonds. The number of amides is 2. The van der Waals surface area contributed by atoms with Gasteiger partial charge in [0.05, 0.1) is 16.0 Å². The first-order valence-electron chi connectivity index (χ1n) is 7.83. The summed E-state index contributed by atoms with van der Waals surface area (Å²) in [5, 5.41) is 12.2. The molecule has 0 aliphatic heterocycles. The summed E-state index contributed by atoms with van der Waals surface area (Å²) >= 11 is 1.04. The molecule has 0 saturated heterocycles. The van der Waals surface area contributed by atoms with Gasteiger partial charge in [0.25, 0.3) is 11.8 Å². The van der Waals surface area contributed by atoms with E-state index in [4.69, 9.17) is 0 Å². The van der Waals surface area contributed by atoms with Crippen LogP contribution in [0.3, 0.4) is 0 Å². The Hall–Kier alpha value is -2.72. The summed E-state index contributed by atoms with van der Waals surface area (Å²) in [6.45, 7) is 6.51. The van der Waals surface area contributed by atoms with E-state index in [1.54, 1.807) is 17.9 Å². The highest BCUT2D eigenvalue weighted by Crippen LogP contribution is 2.33. The SMILES string of the molecule is CCN(CC)C(=O)c1sc(NC(=O)c2ccccc2F)c(C#N)c1C. The summed E-state index contributed by atoms with van der Waals surface area (Å²) in [4.78, 5) is 26.9. The van der Waals surface area contributed by atoms with Gasteiger partial charge in [-0.3, -0.25) is 9.59 Å². The molecule has 0 bridgehead atoms. The van der Waals surface area contributed by atoms with Crippen molar-refractivity contribution in [3.8, 4) is 6.07 Å². The van der Waals surface area contributed by atoms with Gasteiger partial charge in [0, 0.05) is 13.1 Å². The molecule has 0 aliphatic carbocycles. The number of thiophene rings is 1. The number of nitriles is 1. The van der Waals surface area contributed by atoms with E-state index >= 15 is 0 Å². The van der Waals surface area contributed by atoms with Crippen LogP contribution in [0.5, 0.6) is 0 Å². The van der Waals surface area contributed by atoms with Gasteiger partial charge in [-0.15, -0.1) is 11.3 Å². The van der Waals surface area contributed by atoms with E-state index in [-0.39, 0.29) is 22.0 Å². The highest BCUT2D eigenvalue weighted by molar-refractivity contribution is 7.18. The van der Waals surface area contributed by atoms with E-state index in [0.29, 0.717) is 23.5 Å². The fourth-order valence-electron chi connectivity index (χ4n) is 2.41. The van der Waals surface area contributed by atoms with Gasteiger partial charge < -0.3 is 10.2 Å². The molecule has 0 saturated carbocycles. The maximum atomic E-state index is 13.8. The molecule has 0 atom stereocenters. The zero-order valence-electron chi connectivity index (χ0n) is 14.2. The van der Waals surface area contributed by atoms with Gasteiger partial charge in [0.2, 0.25) is 0 Å². The van der Waals surface area contributed by atoms with Gasteiger partial charge in [0.1, 0.15) is 16.9 Å². The lowest BCUT2D eigenvalue weighted by atomic mass is 10.1. The van der Waals surface area contributed by atoms with Crippen LogP contribution in [0.4, 0.5) is 9.39 Å². The number of hydrogen-bond donors (Lipinski definition) is 1. The Bertz CT molecular complexity index is 850. The van der Waals surface area contributed by atoms with E-state index in [1.807, 2.05) is 19.9 Å². The molecule has 5 nitrogen and oxygen atoms in total. The lowest BCUT2D eigenvalue weighted by Crippen LogP contribution is -2.30. The normalized spacial score (nSPS) is 10.2. The van der Waals surface area contributed by atoms with Crippen LogP contribution in [-0.2, 0) is 0 Å². The number of carbonyl (C=O) groups is 2. The minimum absolute atomic E-state index is 0.117. The number of hydrogen-bond acceptors (Lipinski definition) is 4. The van der Waals surface area contributed by atoms with Crippen molar-refractivity contribution >= 4 is 28.2 Å². The van der Waals surface area contributed by atoms with Crippen LogP contribution >= 0.6 is 11.3 Å². The molecular formula is C18H18FN3O2S. The third kappa shape index (κ3) is 3.69. The van der Waals surface area contributed by atoms with E-state index in [1.165, 1.54) is 18.2 Å². The fourth-order valence-corrected chi connectivity index (χ4v) is 3.53. The van der Waals surface area contributed by atoms with Gasteiger partial charge in [-0.25, -0.2) is 4.39 Å². The Labute approximate surface area is 149 Å². The minimum Gasteiger partial charge on any atom is -0.338 e.